The summed E-state index contributed by atoms with van der Waals surface area (Å²) in [5.41, 5.74) is 0. The van der Waals surface area contributed by atoms with Crippen LogP contribution < -0.4 is 10.6 Å². The Morgan fingerprint density at radius 1 is 1.70 bits per heavy atom. The van der Waals surface area contributed by atoms with E-state index in [0.29, 0.717) is 0 Å². The third-order valence-corrected chi connectivity index (χ3v) is 1.78. The predicted molar refractivity (Wildman–Crippen MR) is 37.8 cm³/mol. The van der Waals surface area contributed by atoms with Gasteiger partial charge in [-0.25, -0.2) is 4.99 Å². The Kier molecular flexibility index (Phi) is 1.35. The van der Waals surface area contributed by atoms with Gasteiger partial charge in [0.15, 0.2) is 5.90 Å². The van der Waals surface area contributed by atoms with Crippen molar-refractivity contribution in [1.29, 1.82) is 0 Å². The van der Waals surface area contributed by atoms with Crippen LogP contribution in [-0.4, -0.2) is 31.4 Å². The molecule has 0 aliphatic carbocycles. The molecular formula is C6H11N3O. The van der Waals surface area contributed by atoms with Crippen LogP contribution in [0.25, 0.3) is 0 Å². The highest BCUT2D eigenvalue weighted by molar-refractivity contribution is 5.75. The first-order valence-electron chi connectivity index (χ1n) is 3.51. The van der Waals surface area contributed by atoms with E-state index >= 15 is 0 Å². The minimum absolute atomic E-state index is 0.196. The fourth-order valence-corrected chi connectivity index (χ4v) is 1.31. The van der Waals surface area contributed by atoms with Crippen molar-refractivity contribution in [3.05, 3.63) is 0 Å². The predicted octanol–water partition coefficient (Wildman–Crippen LogP) is -0.720. The molecule has 0 aromatic rings. The van der Waals surface area contributed by atoms with Crippen LogP contribution in [0.1, 0.15) is 6.92 Å². The van der Waals surface area contributed by atoms with Crippen molar-refractivity contribution in [3.8, 4) is 0 Å². The van der Waals surface area contributed by atoms with Gasteiger partial charge in [0, 0.05) is 20.1 Å². The third kappa shape index (κ3) is 0.892. The quantitative estimate of drug-likeness (QED) is 0.468. The lowest BCUT2D eigenvalue weighted by atomic mass is 10.2. The Balaban J connectivity index is 2.06. The number of hydrogen-bond donors (Lipinski definition) is 2. The first-order chi connectivity index (χ1) is 4.86. The molecule has 0 radical (unpaired) electrons. The van der Waals surface area contributed by atoms with Gasteiger partial charge in [-0.15, -0.1) is 0 Å². The summed E-state index contributed by atoms with van der Waals surface area (Å²) in [6, 6.07) is 0. The summed E-state index contributed by atoms with van der Waals surface area (Å²) >= 11 is 0. The second-order valence-electron chi connectivity index (χ2n) is 2.58. The van der Waals surface area contributed by atoms with E-state index in [1.165, 1.54) is 0 Å². The van der Waals surface area contributed by atoms with E-state index in [9.17, 15) is 0 Å². The van der Waals surface area contributed by atoms with Crippen LogP contribution in [-0.2, 0) is 4.74 Å². The van der Waals surface area contributed by atoms with Crippen molar-refractivity contribution in [2.24, 2.45) is 4.99 Å². The highest BCUT2D eigenvalue weighted by Gasteiger charge is 2.30. The number of nitrogens with one attached hydrogen (secondary N) is 2. The van der Waals surface area contributed by atoms with Crippen LogP contribution >= 0.6 is 0 Å². The molecule has 0 bridgehead atoms. The Labute approximate surface area is 59.7 Å². The van der Waals surface area contributed by atoms with Crippen molar-refractivity contribution >= 4 is 5.90 Å². The number of hydrogen-bond acceptors (Lipinski definition) is 4. The molecule has 0 spiro atoms. The molecule has 4 heteroatoms. The maximum Gasteiger partial charge on any atom is 0.182 e. The molecule has 2 N–H and O–H groups in total. The number of aliphatic imine (C=N–C) groups is 1. The van der Waals surface area contributed by atoms with Gasteiger partial charge in [0.1, 0.15) is 12.3 Å². The van der Waals surface area contributed by atoms with Gasteiger partial charge in [-0.1, -0.05) is 0 Å². The second-order valence-corrected chi connectivity index (χ2v) is 2.58. The Morgan fingerprint density at radius 3 is 3.40 bits per heavy atom. The fraction of sp³-hybridized carbons (Fsp3) is 0.833. The molecule has 10 heavy (non-hydrogen) atoms. The van der Waals surface area contributed by atoms with E-state index in [-0.39, 0.29) is 12.3 Å². The van der Waals surface area contributed by atoms with Gasteiger partial charge in [0.2, 0.25) is 0 Å². The summed E-state index contributed by atoms with van der Waals surface area (Å²) in [5, 5.41) is 6.36. The van der Waals surface area contributed by atoms with Gasteiger partial charge >= 0.3 is 0 Å². The molecule has 2 heterocycles. The average molecular weight is 141 g/mol. The lowest BCUT2D eigenvalue weighted by molar-refractivity contribution is 0.148. The summed E-state index contributed by atoms with van der Waals surface area (Å²) in [6.45, 7) is 3.62. The number of ether oxygens (including phenoxy) is 1. The second kappa shape index (κ2) is 2.21. The zero-order valence-electron chi connectivity index (χ0n) is 5.92. The van der Waals surface area contributed by atoms with Gasteiger partial charge in [0.25, 0.3) is 0 Å². The largest absolute Gasteiger partial charge is 0.473 e. The van der Waals surface area contributed by atoms with E-state index in [1.807, 2.05) is 6.92 Å². The molecule has 4 nitrogen and oxygen atoms in total. The third-order valence-electron chi connectivity index (χ3n) is 1.78. The lowest BCUT2D eigenvalue weighted by Gasteiger charge is -2.24. The normalized spacial score (nSPS) is 38.3. The fourth-order valence-electron chi connectivity index (χ4n) is 1.31. The molecule has 2 aliphatic rings. The van der Waals surface area contributed by atoms with E-state index in [0.717, 1.165) is 19.1 Å². The molecule has 1 fully saturated rings. The maximum atomic E-state index is 5.39. The monoisotopic (exact) mass is 141 g/mol. The van der Waals surface area contributed by atoms with Crippen molar-refractivity contribution in [2.75, 3.05) is 13.2 Å². The first kappa shape index (κ1) is 6.12. The van der Waals surface area contributed by atoms with Crippen molar-refractivity contribution in [1.82, 2.24) is 10.6 Å². The van der Waals surface area contributed by atoms with Crippen LogP contribution in [0.2, 0.25) is 0 Å². The lowest BCUT2D eigenvalue weighted by Crippen LogP contribution is -2.52. The molecule has 0 saturated carbocycles. The van der Waals surface area contributed by atoms with Gasteiger partial charge in [-0.05, 0) is 0 Å². The van der Waals surface area contributed by atoms with E-state index in [2.05, 4.69) is 15.6 Å². The molecule has 2 atom stereocenters. The van der Waals surface area contributed by atoms with Crippen LogP contribution in [0.4, 0.5) is 0 Å². The average Bonchev–Trinajstić information content (AvgIpc) is 2.27. The van der Waals surface area contributed by atoms with Crippen LogP contribution in [0, 0.1) is 0 Å². The zero-order valence-corrected chi connectivity index (χ0v) is 5.92. The molecule has 2 unspecified atom stereocenters. The molecule has 0 aromatic heterocycles. The summed E-state index contributed by atoms with van der Waals surface area (Å²) in [5.74, 6) is 0.797. The molecule has 1 saturated heterocycles. The SMILES string of the molecule is CC1=NC2NCNCC2O1. The highest BCUT2D eigenvalue weighted by atomic mass is 16.5. The molecule has 56 valence electrons. The minimum atomic E-state index is 0.196. The Bertz CT molecular complexity index is 168. The Morgan fingerprint density at radius 2 is 2.60 bits per heavy atom. The van der Waals surface area contributed by atoms with E-state index in [4.69, 9.17) is 4.74 Å². The molecule has 0 aromatic carbocycles. The van der Waals surface area contributed by atoms with Crippen molar-refractivity contribution in [3.63, 3.8) is 0 Å². The van der Waals surface area contributed by atoms with Crippen LogP contribution in [0.15, 0.2) is 4.99 Å². The molecule has 2 aliphatic heterocycles. The number of nitrogens with zero attached hydrogens (tertiary/aromatic N) is 1. The molecular weight excluding hydrogens is 130 g/mol. The number of fused-ring (bicyclic) bond motifs is 1. The van der Waals surface area contributed by atoms with Crippen molar-refractivity contribution in [2.45, 2.75) is 19.2 Å². The standard InChI is InChI=1S/C6H11N3O/c1-4-9-6-5(10-4)2-7-3-8-6/h5-8H,2-3H2,1H3. The van der Waals surface area contributed by atoms with Crippen molar-refractivity contribution < 1.29 is 4.74 Å². The van der Waals surface area contributed by atoms with Gasteiger partial charge in [-0.3, -0.25) is 5.32 Å². The highest BCUT2D eigenvalue weighted by Crippen LogP contribution is 2.11. The summed E-state index contributed by atoms with van der Waals surface area (Å²) in [6.07, 6.45) is 0.412. The topological polar surface area (TPSA) is 45.7 Å². The first-order valence-corrected chi connectivity index (χ1v) is 3.51. The smallest absolute Gasteiger partial charge is 0.182 e. The van der Waals surface area contributed by atoms with Gasteiger partial charge < -0.3 is 10.1 Å². The van der Waals surface area contributed by atoms with Gasteiger partial charge in [0.05, 0.1) is 0 Å². The summed E-state index contributed by atoms with van der Waals surface area (Å²) in [7, 11) is 0. The van der Waals surface area contributed by atoms with Crippen LogP contribution in [0.3, 0.4) is 0 Å². The summed E-state index contributed by atoms with van der Waals surface area (Å²) < 4.78 is 5.39. The van der Waals surface area contributed by atoms with E-state index in [1.54, 1.807) is 0 Å². The number of rotatable bonds is 0. The maximum absolute atomic E-state index is 5.39. The minimum Gasteiger partial charge on any atom is -0.473 e. The molecule has 2 rings (SSSR count). The van der Waals surface area contributed by atoms with Gasteiger partial charge in [-0.2, -0.15) is 0 Å². The molecule has 0 amide bonds. The van der Waals surface area contributed by atoms with E-state index < -0.39 is 0 Å². The Hall–Kier alpha value is -0.610. The zero-order chi connectivity index (χ0) is 6.97. The van der Waals surface area contributed by atoms with Crippen LogP contribution in [0.5, 0.6) is 0 Å². The summed E-state index contributed by atoms with van der Waals surface area (Å²) in [4.78, 5) is 4.25.